The average Bonchev–Trinajstić information content (AvgIpc) is 2.18. The molecule has 0 aliphatic rings. The van der Waals surface area contributed by atoms with Crippen LogP contribution in [0.3, 0.4) is 0 Å². The zero-order chi connectivity index (χ0) is 11.4. The SMILES string of the molecule is NC(=O)CNC(=O)c1ccc(Br)c(F)c1. The molecule has 3 N–H and O–H groups in total. The Morgan fingerprint density at radius 1 is 1.47 bits per heavy atom. The lowest BCUT2D eigenvalue weighted by molar-refractivity contribution is -0.117. The van der Waals surface area contributed by atoms with Crippen LogP contribution >= 0.6 is 15.9 Å². The van der Waals surface area contributed by atoms with Crippen molar-refractivity contribution in [2.75, 3.05) is 6.54 Å². The van der Waals surface area contributed by atoms with Crippen molar-refractivity contribution < 1.29 is 14.0 Å². The molecule has 0 fully saturated rings. The van der Waals surface area contributed by atoms with E-state index < -0.39 is 17.6 Å². The maximum absolute atomic E-state index is 13.0. The first-order valence-electron chi connectivity index (χ1n) is 4.02. The first kappa shape index (κ1) is 11.6. The first-order valence-corrected chi connectivity index (χ1v) is 4.81. The predicted molar refractivity (Wildman–Crippen MR) is 55.6 cm³/mol. The number of carbonyl (C=O) groups excluding carboxylic acids is 2. The van der Waals surface area contributed by atoms with Crippen molar-refractivity contribution >= 4 is 27.7 Å². The fraction of sp³-hybridized carbons (Fsp3) is 0.111. The Labute approximate surface area is 93.8 Å². The molecule has 0 aliphatic carbocycles. The molecule has 1 aromatic carbocycles. The summed E-state index contributed by atoms with van der Waals surface area (Å²) in [5.41, 5.74) is 4.97. The number of primary amides is 1. The van der Waals surface area contributed by atoms with E-state index in [4.69, 9.17) is 5.73 Å². The molecular weight excluding hydrogens is 267 g/mol. The summed E-state index contributed by atoms with van der Waals surface area (Å²) in [6.07, 6.45) is 0. The molecule has 0 heterocycles. The summed E-state index contributed by atoms with van der Waals surface area (Å²) in [5.74, 6) is -1.73. The van der Waals surface area contributed by atoms with Crippen LogP contribution in [0.1, 0.15) is 10.4 Å². The van der Waals surface area contributed by atoms with Crippen LogP contribution in [0.2, 0.25) is 0 Å². The van der Waals surface area contributed by atoms with Gasteiger partial charge in [-0.15, -0.1) is 0 Å². The molecule has 2 amide bonds. The molecule has 6 heteroatoms. The molecule has 0 aromatic heterocycles. The highest BCUT2D eigenvalue weighted by Gasteiger charge is 2.08. The van der Waals surface area contributed by atoms with Crippen molar-refractivity contribution in [3.8, 4) is 0 Å². The van der Waals surface area contributed by atoms with E-state index >= 15 is 0 Å². The van der Waals surface area contributed by atoms with Crippen molar-refractivity contribution in [3.63, 3.8) is 0 Å². The number of nitrogens with two attached hydrogens (primary N) is 1. The number of halogens is 2. The summed E-state index contributed by atoms with van der Waals surface area (Å²) in [6, 6.07) is 3.92. The Balaban J connectivity index is 2.74. The third-order valence-electron chi connectivity index (χ3n) is 1.60. The number of hydrogen-bond acceptors (Lipinski definition) is 2. The van der Waals surface area contributed by atoms with Crippen LogP contribution in [0, 0.1) is 5.82 Å². The van der Waals surface area contributed by atoms with Crippen LogP contribution in [-0.4, -0.2) is 18.4 Å². The quantitative estimate of drug-likeness (QED) is 0.856. The summed E-state index contributed by atoms with van der Waals surface area (Å²) in [4.78, 5) is 21.7. The van der Waals surface area contributed by atoms with Crippen molar-refractivity contribution in [2.24, 2.45) is 5.73 Å². The van der Waals surface area contributed by atoms with E-state index in [1.165, 1.54) is 12.1 Å². The van der Waals surface area contributed by atoms with Crippen molar-refractivity contribution in [2.45, 2.75) is 0 Å². The number of rotatable bonds is 3. The van der Waals surface area contributed by atoms with Gasteiger partial charge in [0.25, 0.3) is 5.91 Å². The average molecular weight is 275 g/mol. The third-order valence-corrected chi connectivity index (χ3v) is 2.25. The van der Waals surface area contributed by atoms with Crippen LogP contribution in [0.15, 0.2) is 22.7 Å². The molecule has 80 valence electrons. The predicted octanol–water partition coefficient (Wildman–Crippen LogP) is 0.803. The largest absolute Gasteiger partial charge is 0.368 e. The summed E-state index contributed by atoms with van der Waals surface area (Å²) < 4.78 is 13.3. The summed E-state index contributed by atoms with van der Waals surface area (Å²) in [5, 5.41) is 2.25. The van der Waals surface area contributed by atoms with E-state index in [1.807, 2.05) is 0 Å². The van der Waals surface area contributed by atoms with Crippen molar-refractivity contribution in [3.05, 3.63) is 34.1 Å². The van der Waals surface area contributed by atoms with Gasteiger partial charge in [0.1, 0.15) is 5.82 Å². The van der Waals surface area contributed by atoms with E-state index in [-0.39, 0.29) is 16.6 Å². The lowest BCUT2D eigenvalue weighted by Gasteiger charge is -2.03. The minimum atomic E-state index is -0.652. The number of nitrogens with one attached hydrogen (secondary N) is 1. The second-order valence-electron chi connectivity index (χ2n) is 2.78. The topological polar surface area (TPSA) is 72.2 Å². The number of benzene rings is 1. The van der Waals surface area contributed by atoms with Crippen LogP contribution in [0.5, 0.6) is 0 Å². The molecule has 1 rings (SSSR count). The highest BCUT2D eigenvalue weighted by atomic mass is 79.9. The van der Waals surface area contributed by atoms with Gasteiger partial charge in [-0.3, -0.25) is 9.59 Å². The summed E-state index contributed by atoms with van der Waals surface area (Å²) in [6.45, 7) is -0.267. The molecule has 0 saturated carbocycles. The number of carbonyl (C=O) groups is 2. The van der Waals surface area contributed by atoms with Crippen LogP contribution < -0.4 is 11.1 Å². The van der Waals surface area contributed by atoms with Gasteiger partial charge in [-0.05, 0) is 34.1 Å². The second-order valence-corrected chi connectivity index (χ2v) is 3.63. The van der Waals surface area contributed by atoms with Gasteiger partial charge in [-0.1, -0.05) is 0 Å². The van der Waals surface area contributed by atoms with E-state index in [0.717, 1.165) is 6.07 Å². The molecule has 0 radical (unpaired) electrons. The Hall–Kier alpha value is -1.43. The Morgan fingerprint density at radius 2 is 2.13 bits per heavy atom. The fourth-order valence-corrected chi connectivity index (χ4v) is 1.15. The molecule has 0 bridgehead atoms. The highest BCUT2D eigenvalue weighted by Crippen LogP contribution is 2.16. The van der Waals surface area contributed by atoms with Gasteiger partial charge < -0.3 is 11.1 Å². The summed E-state index contributed by atoms with van der Waals surface area (Å²) in [7, 11) is 0. The molecule has 0 unspecified atom stereocenters. The molecule has 4 nitrogen and oxygen atoms in total. The number of hydrogen-bond donors (Lipinski definition) is 2. The Bertz CT molecular complexity index is 409. The molecular formula is C9H8BrFN2O2. The maximum Gasteiger partial charge on any atom is 0.251 e. The minimum absolute atomic E-state index is 0.136. The second kappa shape index (κ2) is 4.88. The molecule has 15 heavy (non-hydrogen) atoms. The maximum atomic E-state index is 13.0. The van der Waals surface area contributed by atoms with Gasteiger partial charge in [-0.25, -0.2) is 4.39 Å². The smallest absolute Gasteiger partial charge is 0.251 e. The molecule has 1 aromatic rings. The standard InChI is InChI=1S/C9H8BrFN2O2/c10-6-2-1-5(3-7(6)11)9(15)13-4-8(12)14/h1-3H,4H2,(H2,12,14)(H,13,15). The number of amides is 2. The van der Waals surface area contributed by atoms with Crippen molar-refractivity contribution in [1.82, 2.24) is 5.32 Å². The molecule has 0 aliphatic heterocycles. The van der Waals surface area contributed by atoms with Gasteiger partial charge in [0.15, 0.2) is 0 Å². The van der Waals surface area contributed by atoms with Crippen LogP contribution in [-0.2, 0) is 4.79 Å². The lowest BCUT2D eigenvalue weighted by Crippen LogP contribution is -2.33. The van der Waals surface area contributed by atoms with E-state index in [2.05, 4.69) is 21.2 Å². The highest BCUT2D eigenvalue weighted by molar-refractivity contribution is 9.10. The monoisotopic (exact) mass is 274 g/mol. The third kappa shape index (κ3) is 3.32. The van der Waals surface area contributed by atoms with Crippen molar-refractivity contribution in [1.29, 1.82) is 0 Å². The van der Waals surface area contributed by atoms with E-state index in [1.54, 1.807) is 0 Å². The van der Waals surface area contributed by atoms with Gasteiger partial charge in [0, 0.05) is 5.56 Å². The lowest BCUT2D eigenvalue weighted by atomic mass is 10.2. The molecule has 0 atom stereocenters. The van der Waals surface area contributed by atoms with Crippen LogP contribution in [0.4, 0.5) is 4.39 Å². The normalized spacial score (nSPS) is 9.73. The van der Waals surface area contributed by atoms with Gasteiger partial charge in [0.2, 0.25) is 5.91 Å². The Kier molecular flexibility index (Phi) is 3.79. The summed E-state index contributed by atoms with van der Waals surface area (Å²) >= 11 is 2.96. The van der Waals surface area contributed by atoms with E-state index in [9.17, 15) is 14.0 Å². The van der Waals surface area contributed by atoms with Gasteiger partial charge in [-0.2, -0.15) is 0 Å². The van der Waals surface area contributed by atoms with E-state index in [0.29, 0.717) is 0 Å². The van der Waals surface area contributed by atoms with Crippen LogP contribution in [0.25, 0.3) is 0 Å². The minimum Gasteiger partial charge on any atom is -0.368 e. The first-order chi connectivity index (χ1) is 7.00. The fourth-order valence-electron chi connectivity index (χ4n) is 0.907. The van der Waals surface area contributed by atoms with Gasteiger partial charge >= 0.3 is 0 Å². The Morgan fingerprint density at radius 3 is 2.67 bits per heavy atom. The molecule has 0 saturated heterocycles. The zero-order valence-electron chi connectivity index (χ0n) is 7.59. The van der Waals surface area contributed by atoms with Gasteiger partial charge in [0.05, 0.1) is 11.0 Å². The zero-order valence-corrected chi connectivity index (χ0v) is 9.17. The molecule has 0 spiro atoms.